The Morgan fingerprint density at radius 3 is 2.33 bits per heavy atom. The predicted octanol–water partition coefficient (Wildman–Crippen LogP) is 1.22. The highest BCUT2D eigenvalue weighted by Gasteiger charge is 2.10. The summed E-state index contributed by atoms with van der Waals surface area (Å²) in [6.45, 7) is 4.25. The van der Waals surface area contributed by atoms with Gasteiger partial charge in [-0.15, -0.1) is 0 Å². The fraction of sp³-hybridized carbons (Fsp3) is 0.364. The first-order chi connectivity index (χ1) is 8.30. The molecule has 0 aliphatic rings. The zero-order chi connectivity index (χ0) is 13.8. The van der Waals surface area contributed by atoms with Crippen LogP contribution in [0.2, 0.25) is 0 Å². The van der Waals surface area contributed by atoms with Crippen LogP contribution in [-0.4, -0.2) is 20.0 Å². The first kappa shape index (κ1) is 14.9. The second-order valence-electron chi connectivity index (χ2n) is 4.29. The Balaban J connectivity index is 2.69. The van der Waals surface area contributed by atoms with Gasteiger partial charge in [-0.2, -0.15) is 13.1 Å². The molecule has 0 aromatic heterocycles. The maximum atomic E-state index is 11.7. The molecule has 1 rings (SSSR count). The summed E-state index contributed by atoms with van der Waals surface area (Å²) in [4.78, 5) is 0.280. The summed E-state index contributed by atoms with van der Waals surface area (Å²) in [6, 6.07) is 6.57. The molecule has 4 N–H and O–H groups in total. The second-order valence-corrected chi connectivity index (χ2v) is 6.23. The third-order valence-electron chi connectivity index (χ3n) is 2.10. The number of anilines is 1. The van der Waals surface area contributed by atoms with Crippen LogP contribution >= 0.6 is 12.2 Å². The van der Waals surface area contributed by atoms with Gasteiger partial charge in [-0.05, 0) is 30.2 Å². The molecule has 0 unspecified atom stereocenters. The second kappa shape index (κ2) is 6.12. The van der Waals surface area contributed by atoms with Crippen LogP contribution in [0.25, 0.3) is 0 Å². The molecule has 0 fully saturated rings. The van der Waals surface area contributed by atoms with Crippen molar-refractivity contribution in [1.82, 2.24) is 4.72 Å². The molecule has 7 heteroatoms. The zero-order valence-electron chi connectivity index (χ0n) is 10.3. The third-order valence-corrected chi connectivity index (χ3v) is 3.39. The number of hydrogen-bond donors (Lipinski definition) is 3. The van der Waals surface area contributed by atoms with Gasteiger partial charge in [-0.1, -0.05) is 26.1 Å². The maximum Gasteiger partial charge on any atom is 0.299 e. The van der Waals surface area contributed by atoms with Crippen LogP contribution in [0.15, 0.2) is 24.3 Å². The molecule has 5 nitrogen and oxygen atoms in total. The summed E-state index contributed by atoms with van der Waals surface area (Å²) in [7, 11) is -3.53. The van der Waals surface area contributed by atoms with E-state index in [2.05, 4.69) is 9.44 Å². The van der Waals surface area contributed by atoms with E-state index in [1.165, 1.54) is 0 Å². The van der Waals surface area contributed by atoms with Gasteiger partial charge in [-0.25, -0.2) is 0 Å². The quantitative estimate of drug-likeness (QED) is 0.687. The fourth-order valence-electron chi connectivity index (χ4n) is 1.17. The van der Waals surface area contributed by atoms with E-state index in [0.717, 1.165) is 0 Å². The molecule has 1 aromatic rings. The van der Waals surface area contributed by atoms with Gasteiger partial charge in [0.15, 0.2) is 0 Å². The van der Waals surface area contributed by atoms with Gasteiger partial charge in [-0.3, -0.25) is 4.72 Å². The summed E-state index contributed by atoms with van der Waals surface area (Å²) in [6.07, 6.45) is 0. The average molecular weight is 287 g/mol. The van der Waals surface area contributed by atoms with Crippen molar-refractivity contribution >= 4 is 33.1 Å². The lowest BCUT2D eigenvalue weighted by atomic mass is 10.2. The van der Waals surface area contributed by atoms with Crippen molar-refractivity contribution in [2.75, 3.05) is 11.3 Å². The van der Waals surface area contributed by atoms with E-state index in [0.29, 0.717) is 17.8 Å². The van der Waals surface area contributed by atoms with E-state index in [-0.39, 0.29) is 10.9 Å². The van der Waals surface area contributed by atoms with Crippen LogP contribution in [0.3, 0.4) is 0 Å². The van der Waals surface area contributed by atoms with E-state index in [1.54, 1.807) is 24.3 Å². The van der Waals surface area contributed by atoms with Crippen LogP contribution in [0.1, 0.15) is 19.4 Å². The van der Waals surface area contributed by atoms with Gasteiger partial charge in [0, 0.05) is 17.8 Å². The number of hydrogen-bond acceptors (Lipinski definition) is 3. The normalized spacial score (nSPS) is 11.5. The minimum absolute atomic E-state index is 0.249. The molecule has 0 bridgehead atoms. The molecule has 0 saturated heterocycles. The Kier molecular flexibility index (Phi) is 5.06. The fourth-order valence-corrected chi connectivity index (χ4v) is 2.38. The highest BCUT2D eigenvalue weighted by molar-refractivity contribution is 7.90. The largest absolute Gasteiger partial charge is 0.389 e. The van der Waals surface area contributed by atoms with Crippen molar-refractivity contribution in [3.8, 4) is 0 Å². The number of rotatable bonds is 6. The zero-order valence-corrected chi connectivity index (χ0v) is 11.9. The molecular formula is C11H17N3O2S2. The molecule has 0 atom stereocenters. The Bertz CT molecular complexity index is 510. The van der Waals surface area contributed by atoms with E-state index in [4.69, 9.17) is 18.0 Å². The first-order valence-electron chi connectivity index (χ1n) is 5.47. The molecule has 0 radical (unpaired) electrons. The Labute approximate surface area is 113 Å². The smallest absolute Gasteiger partial charge is 0.299 e. The number of nitrogens with one attached hydrogen (secondary N) is 2. The van der Waals surface area contributed by atoms with E-state index >= 15 is 0 Å². The van der Waals surface area contributed by atoms with Crippen LogP contribution in [0, 0.1) is 5.92 Å². The molecular weight excluding hydrogens is 270 g/mol. The Hall–Kier alpha value is -1.18. The summed E-state index contributed by atoms with van der Waals surface area (Å²) < 4.78 is 28.2. The topological polar surface area (TPSA) is 84.2 Å². The molecule has 0 saturated carbocycles. The van der Waals surface area contributed by atoms with Crippen LogP contribution in [-0.2, 0) is 10.2 Å². The summed E-state index contributed by atoms with van der Waals surface area (Å²) in [5.41, 5.74) is 6.61. The summed E-state index contributed by atoms with van der Waals surface area (Å²) >= 11 is 4.81. The van der Waals surface area contributed by atoms with Crippen molar-refractivity contribution in [1.29, 1.82) is 0 Å². The van der Waals surface area contributed by atoms with Gasteiger partial charge >= 0.3 is 0 Å². The number of nitrogens with two attached hydrogens (primary N) is 1. The molecule has 0 heterocycles. The van der Waals surface area contributed by atoms with E-state index in [1.807, 2.05) is 13.8 Å². The SMILES string of the molecule is CC(C)CNS(=O)(=O)Nc1ccc(C(N)=S)cc1. The van der Waals surface area contributed by atoms with Crippen LogP contribution in [0.5, 0.6) is 0 Å². The molecule has 0 aliphatic heterocycles. The first-order valence-corrected chi connectivity index (χ1v) is 7.36. The van der Waals surface area contributed by atoms with Crippen LogP contribution < -0.4 is 15.2 Å². The lowest BCUT2D eigenvalue weighted by molar-refractivity contribution is 0.565. The minimum atomic E-state index is -3.53. The third kappa shape index (κ3) is 4.99. The van der Waals surface area contributed by atoms with Crippen molar-refractivity contribution < 1.29 is 8.42 Å². The van der Waals surface area contributed by atoms with E-state index < -0.39 is 10.2 Å². The number of benzene rings is 1. The van der Waals surface area contributed by atoms with Crippen LogP contribution in [0.4, 0.5) is 5.69 Å². The van der Waals surface area contributed by atoms with Crippen molar-refractivity contribution in [2.45, 2.75) is 13.8 Å². The van der Waals surface area contributed by atoms with Gasteiger partial charge in [0.1, 0.15) is 4.99 Å². The minimum Gasteiger partial charge on any atom is -0.389 e. The highest BCUT2D eigenvalue weighted by Crippen LogP contribution is 2.10. The molecule has 18 heavy (non-hydrogen) atoms. The molecule has 1 aromatic carbocycles. The average Bonchev–Trinajstić information content (AvgIpc) is 2.27. The molecule has 0 amide bonds. The van der Waals surface area contributed by atoms with Gasteiger partial charge in [0.2, 0.25) is 0 Å². The molecule has 100 valence electrons. The van der Waals surface area contributed by atoms with Crippen molar-refractivity contribution in [3.05, 3.63) is 29.8 Å². The Morgan fingerprint density at radius 1 is 1.33 bits per heavy atom. The lowest BCUT2D eigenvalue weighted by Crippen LogP contribution is -2.32. The molecule has 0 spiro atoms. The standard InChI is InChI=1S/C11H17N3O2S2/c1-8(2)7-13-18(15,16)14-10-5-3-9(4-6-10)11(12)17/h3-6,8,13-14H,7H2,1-2H3,(H2,12,17). The van der Waals surface area contributed by atoms with Gasteiger partial charge < -0.3 is 5.73 Å². The van der Waals surface area contributed by atoms with Gasteiger partial charge in [0.05, 0.1) is 0 Å². The highest BCUT2D eigenvalue weighted by atomic mass is 32.2. The summed E-state index contributed by atoms with van der Waals surface area (Å²) in [5.74, 6) is 0.249. The van der Waals surface area contributed by atoms with E-state index in [9.17, 15) is 8.42 Å². The van der Waals surface area contributed by atoms with Crippen molar-refractivity contribution in [2.24, 2.45) is 11.7 Å². The predicted molar refractivity (Wildman–Crippen MR) is 77.7 cm³/mol. The molecule has 0 aliphatic carbocycles. The maximum absolute atomic E-state index is 11.7. The number of thiocarbonyl (C=S) groups is 1. The lowest BCUT2D eigenvalue weighted by Gasteiger charge is -2.11. The summed E-state index contributed by atoms with van der Waals surface area (Å²) in [5, 5.41) is 0. The van der Waals surface area contributed by atoms with Gasteiger partial charge in [0.25, 0.3) is 10.2 Å². The Morgan fingerprint density at radius 2 is 1.89 bits per heavy atom. The monoisotopic (exact) mass is 287 g/mol. The van der Waals surface area contributed by atoms with Crippen molar-refractivity contribution in [3.63, 3.8) is 0 Å².